The van der Waals surface area contributed by atoms with Crippen LogP contribution in [0.1, 0.15) is 37.6 Å². The van der Waals surface area contributed by atoms with E-state index in [1.165, 1.54) is 0 Å². The summed E-state index contributed by atoms with van der Waals surface area (Å²) in [6.07, 6.45) is -0.404. The number of halogens is 1. The van der Waals surface area contributed by atoms with Crippen LogP contribution in [-0.4, -0.2) is 26.6 Å². The zero-order chi connectivity index (χ0) is 18.2. The van der Waals surface area contributed by atoms with Gasteiger partial charge in [-0.15, -0.1) is 0 Å². The number of nitrogens with zero attached hydrogens (tertiary/aromatic N) is 4. The van der Waals surface area contributed by atoms with E-state index < -0.39 is 11.7 Å². The van der Waals surface area contributed by atoms with E-state index in [-0.39, 0.29) is 5.28 Å². The summed E-state index contributed by atoms with van der Waals surface area (Å²) in [7, 11) is 0. The Morgan fingerprint density at radius 1 is 1.32 bits per heavy atom. The number of nitriles is 1. The number of hydrogen-bond donors (Lipinski definition) is 0. The molecule has 128 valence electrons. The number of amides is 1. The largest absolute Gasteiger partial charge is 0.444 e. The first-order chi connectivity index (χ1) is 11.8. The van der Waals surface area contributed by atoms with Crippen molar-refractivity contribution in [3.8, 4) is 17.3 Å². The zero-order valence-corrected chi connectivity index (χ0v) is 15.0. The Morgan fingerprint density at radius 3 is 2.76 bits per heavy atom. The quantitative estimate of drug-likeness (QED) is 0.723. The van der Waals surface area contributed by atoms with Crippen molar-refractivity contribution in [1.29, 1.82) is 5.26 Å². The Labute approximate surface area is 151 Å². The molecule has 25 heavy (non-hydrogen) atoms. The lowest BCUT2D eigenvalue weighted by Crippen LogP contribution is -2.33. The molecule has 3 rings (SSSR count). The van der Waals surface area contributed by atoms with Gasteiger partial charge in [0, 0.05) is 11.1 Å². The van der Waals surface area contributed by atoms with Gasteiger partial charge in [0.05, 0.1) is 36.1 Å². The number of hydrogen-bond acceptors (Lipinski definition) is 5. The molecule has 2 aromatic rings. The van der Waals surface area contributed by atoms with Gasteiger partial charge in [0.2, 0.25) is 5.28 Å². The van der Waals surface area contributed by atoms with E-state index in [0.29, 0.717) is 30.0 Å². The van der Waals surface area contributed by atoms with E-state index in [1.54, 1.807) is 23.1 Å². The number of carbonyl (C=O) groups is 1. The van der Waals surface area contributed by atoms with Crippen LogP contribution in [0.5, 0.6) is 0 Å². The van der Waals surface area contributed by atoms with Gasteiger partial charge in [-0.1, -0.05) is 12.1 Å². The minimum absolute atomic E-state index is 0.113. The lowest BCUT2D eigenvalue weighted by atomic mass is 10.0. The second-order valence-electron chi connectivity index (χ2n) is 6.80. The van der Waals surface area contributed by atoms with Crippen molar-refractivity contribution >= 4 is 17.7 Å². The van der Waals surface area contributed by atoms with Gasteiger partial charge in [-0.05, 0) is 44.5 Å². The lowest BCUT2D eigenvalue weighted by molar-refractivity contribution is 0.0241. The Bertz CT molecular complexity index is 884. The maximum atomic E-state index is 12.3. The zero-order valence-electron chi connectivity index (χ0n) is 14.2. The summed E-state index contributed by atoms with van der Waals surface area (Å²) in [4.78, 5) is 22.5. The Balaban J connectivity index is 1.96. The standard InChI is InChI=1S/C18H17ClN4O2/c1-18(2,3)25-17(24)23-9-13-14(10-23)21-16(19)22-15(13)12-6-4-5-11(7-12)8-20/h4-7H,9-10H2,1-3H3. The minimum atomic E-state index is -0.570. The van der Waals surface area contributed by atoms with E-state index in [0.717, 1.165) is 11.1 Å². The predicted molar refractivity (Wildman–Crippen MR) is 92.7 cm³/mol. The smallest absolute Gasteiger partial charge is 0.410 e. The lowest BCUT2D eigenvalue weighted by Gasteiger charge is -2.24. The third kappa shape index (κ3) is 3.72. The van der Waals surface area contributed by atoms with Crippen LogP contribution in [0.2, 0.25) is 5.28 Å². The fraction of sp³-hybridized carbons (Fsp3) is 0.333. The van der Waals surface area contributed by atoms with Crippen molar-refractivity contribution in [3.63, 3.8) is 0 Å². The van der Waals surface area contributed by atoms with E-state index in [1.807, 2.05) is 26.8 Å². The molecule has 0 atom stereocenters. The van der Waals surface area contributed by atoms with Crippen LogP contribution < -0.4 is 0 Å². The molecular formula is C18H17ClN4O2. The van der Waals surface area contributed by atoms with Crippen molar-refractivity contribution in [2.24, 2.45) is 0 Å². The van der Waals surface area contributed by atoms with Gasteiger partial charge in [0.15, 0.2) is 0 Å². The Hall–Kier alpha value is -2.65. The summed E-state index contributed by atoms with van der Waals surface area (Å²) in [5.41, 5.74) is 2.89. The van der Waals surface area contributed by atoms with Crippen molar-refractivity contribution in [1.82, 2.24) is 14.9 Å². The third-order valence-corrected chi connectivity index (χ3v) is 3.84. The highest BCUT2D eigenvalue weighted by atomic mass is 35.5. The number of fused-ring (bicyclic) bond motifs is 1. The van der Waals surface area contributed by atoms with Crippen LogP contribution in [0.25, 0.3) is 11.3 Å². The van der Waals surface area contributed by atoms with Crippen molar-refractivity contribution in [3.05, 3.63) is 46.4 Å². The van der Waals surface area contributed by atoms with E-state index in [4.69, 9.17) is 21.6 Å². The maximum absolute atomic E-state index is 12.3. The molecule has 0 saturated carbocycles. The summed E-state index contributed by atoms with van der Waals surface area (Å²) in [6, 6.07) is 9.22. The van der Waals surface area contributed by atoms with Crippen molar-refractivity contribution in [2.45, 2.75) is 39.5 Å². The molecule has 0 fully saturated rings. The maximum Gasteiger partial charge on any atom is 0.410 e. The molecule has 0 N–H and O–H groups in total. The molecule has 1 aliphatic heterocycles. The summed E-state index contributed by atoms with van der Waals surface area (Å²) in [6.45, 7) is 6.13. The first kappa shape index (κ1) is 17.2. The molecule has 1 aromatic heterocycles. The number of benzene rings is 1. The minimum Gasteiger partial charge on any atom is -0.444 e. The van der Waals surface area contributed by atoms with Gasteiger partial charge < -0.3 is 4.74 Å². The van der Waals surface area contributed by atoms with Gasteiger partial charge in [-0.2, -0.15) is 5.26 Å². The highest BCUT2D eigenvalue weighted by Gasteiger charge is 2.31. The highest BCUT2D eigenvalue weighted by Crippen LogP contribution is 2.32. The van der Waals surface area contributed by atoms with Crippen LogP contribution >= 0.6 is 11.6 Å². The Kier molecular flexibility index (Phi) is 4.36. The monoisotopic (exact) mass is 356 g/mol. The van der Waals surface area contributed by atoms with Crippen LogP contribution in [-0.2, 0) is 17.8 Å². The summed E-state index contributed by atoms with van der Waals surface area (Å²) in [5.74, 6) is 0. The molecule has 0 aliphatic carbocycles. The molecule has 2 heterocycles. The van der Waals surface area contributed by atoms with E-state index >= 15 is 0 Å². The molecule has 0 spiro atoms. The summed E-state index contributed by atoms with van der Waals surface area (Å²) < 4.78 is 5.43. The fourth-order valence-electron chi connectivity index (χ4n) is 2.66. The van der Waals surface area contributed by atoms with Gasteiger partial charge in [0.1, 0.15) is 5.60 Å². The van der Waals surface area contributed by atoms with Crippen LogP contribution in [0.3, 0.4) is 0 Å². The van der Waals surface area contributed by atoms with Crippen LogP contribution in [0.4, 0.5) is 4.79 Å². The third-order valence-electron chi connectivity index (χ3n) is 3.67. The molecule has 0 unspecified atom stereocenters. The molecule has 1 amide bonds. The summed E-state index contributed by atoms with van der Waals surface area (Å²) in [5, 5.41) is 9.21. The van der Waals surface area contributed by atoms with Crippen LogP contribution in [0, 0.1) is 11.3 Å². The average molecular weight is 357 g/mol. The van der Waals surface area contributed by atoms with Crippen molar-refractivity contribution in [2.75, 3.05) is 0 Å². The number of carbonyl (C=O) groups excluding carboxylic acids is 1. The van der Waals surface area contributed by atoms with Gasteiger partial charge in [-0.25, -0.2) is 14.8 Å². The molecule has 0 saturated heterocycles. The first-order valence-corrected chi connectivity index (χ1v) is 8.18. The molecule has 0 bridgehead atoms. The SMILES string of the molecule is CC(C)(C)OC(=O)N1Cc2nc(Cl)nc(-c3cccc(C#N)c3)c2C1. The van der Waals surface area contributed by atoms with E-state index in [2.05, 4.69) is 16.0 Å². The molecular weight excluding hydrogens is 340 g/mol. The normalized spacial score (nSPS) is 13.3. The highest BCUT2D eigenvalue weighted by molar-refractivity contribution is 6.28. The van der Waals surface area contributed by atoms with Gasteiger partial charge in [0.25, 0.3) is 0 Å². The number of aromatic nitrogens is 2. The molecule has 1 aliphatic rings. The molecule has 7 heteroatoms. The summed E-state index contributed by atoms with van der Waals surface area (Å²) >= 11 is 6.06. The second-order valence-corrected chi connectivity index (χ2v) is 7.13. The predicted octanol–water partition coefficient (Wildman–Crippen LogP) is 3.92. The van der Waals surface area contributed by atoms with Crippen molar-refractivity contribution < 1.29 is 9.53 Å². The van der Waals surface area contributed by atoms with Gasteiger partial charge >= 0.3 is 6.09 Å². The Morgan fingerprint density at radius 2 is 2.08 bits per heavy atom. The first-order valence-electron chi connectivity index (χ1n) is 7.80. The number of ether oxygens (including phenoxy) is 1. The molecule has 0 radical (unpaired) electrons. The number of rotatable bonds is 1. The van der Waals surface area contributed by atoms with E-state index in [9.17, 15) is 4.79 Å². The van der Waals surface area contributed by atoms with Gasteiger partial charge in [-0.3, -0.25) is 4.90 Å². The average Bonchev–Trinajstić information content (AvgIpc) is 2.96. The topological polar surface area (TPSA) is 79.1 Å². The second kappa shape index (κ2) is 6.34. The van der Waals surface area contributed by atoms with Crippen LogP contribution in [0.15, 0.2) is 24.3 Å². The fourth-order valence-corrected chi connectivity index (χ4v) is 2.84. The molecule has 1 aromatic carbocycles. The molecule has 6 nitrogen and oxygen atoms in total.